The Morgan fingerprint density at radius 3 is 2.76 bits per heavy atom. The van der Waals surface area contributed by atoms with Crippen molar-refractivity contribution in [1.82, 2.24) is 5.16 Å². The normalized spacial score (nSPS) is 10.2. The van der Waals surface area contributed by atoms with Crippen molar-refractivity contribution in [2.45, 2.75) is 0 Å². The second-order valence-electron chi connectivity index (χ2n) is 5.02. The van der Waals surface area contributed by atoms with Crippen LogP contribution in [0.25, 0.3) is 11.0 Å². The van der Waals surface area contributed by atoms with E-state index in [-0.39, 0.29) is 22.5 Å². The van der Waals surface area contributed by atoms with Gasteiger partial charge in [-0.25, -0.2) is 4.79 Å². The Bertz CT molecular complexity index is 1030. The number of amides is 1. The summed E-state index contributed by atoms with van der Waals surface area (Å²) in [6, 6.07) is 10.7. The zero-order valence-corrected chi connectivity index (χ0v) is 12.9. The maximum atomic E-state index is 12.5. The highest BCUT2D eigenvalue weighted by Gasteiger charge is 2.19. The molecule has 0 aliphatic carbocycles. The molecule has 3 rings (SSSR count). The van der Waals surface area contributed by atoms with E-state index in [0.717, 1.165) is 0 Å². The van der Waals surface area contributed by atoms with Gasteiger partial charge in [0.1, 0.15) is 5.75 Å². The SMILES string of the molecule is COc1ccc2c(C(=O)Nc3ccc(C#N)cc3C(=O)O)noc2c1. The molecule has 0 fully saturated rings. The Kier molecular flexibility index (Phi) is 4.05. The number of carboxylic acid groups (broad SMARTS) is 1. The number of anilines is 1. The Morgan fingerprint density at radius 1 is 1.28 bits per heavy atom. The molecule has 0 atom stereocenters. The van der Waals surface area contributed by atoms with E-state index in [2.05, 4.69) is 10.5 Å². The number of aromatic carboxylic acids is 1. The molecule has 0 spiro atoms. The minimum Gasteiger partial charge on any atom is -0.497 e. The lowest BCUT2D eigenvalue weighted by Crippen LogP contribution is -2.15. The fourth-order valence-corrected chi connectivity index (χ4v) is 2.29. The average Bonchev–Trinajstić information content (AvgIpc) is 3.04. The Labute approximate surface area is 141 Å². The fraction of sp³-hybridized carbons (Fsp3) is 0.0588. The predicted octanol–water partition coefficient (Wildman–Crippen LogP) is 2.66. The van der Waals surface area contributed by atoms with Crippen molar-refractivity contribution in [3.8, 4) is 11.8 Å². The van der Waals surface area contributed by atoms with Gasteiger partial charge in [-0.3, -0.25) is 4.79 Å². The van der Waals surface area contributed by atoms with Crippen LogP contribution in [-0.4, -0.2) is 29.2 Å². The molecule has 0 radical (unpaired) electrons. The molecule has 3 aromatic rings. The molecule has 8 heteroatoms. The zero-order chi connectivity index (χ0) is 18.0. The first-order valence-electron chi connectivity index (χ1n) is 7.05. The Balaban J connectivity index is 1.96. The molecule has 1 aromatic heterocycles. The summed E-state index contributed by atoms with van der Waals surface area (Å²) in [5, 5.41) is 24.8. The Morgan fingerprint density at radius 2 is 2.08 bits per heavy atom. The summed E-state index contributed by atoms with van der Waals surface area (Å²) in [7, 11) is 1.50. The third-order valence-electron chi connectivity index (χ3n) is 3.52. The van der Waals surface area contributed by atoms with E-state index in [1.807, 2.05) is 6.07 Å². The van der Waals surface area contributed by atoms with Crippen LogP contribution in [0, 0.1) is 11.3 Å². The second-order valence-corrected chi connectivity index (χ2v) is 5.02. The van der Waals surface area contributed by atoms with E-state index in [9.17, 15) is 14.7 Å². The highest BCUT2D eigenvalue weighted by atomic mass is 16.5. The molecule has 0 saturated carbocycles. The fourth-order valence-electron chi connectivity index (χ4n) is 2.29. The number of rotatable bonds is 4. The van der Waals surface area contributed by atoms with Crippen LogP contribution in [0.2, 0.25) is 0 Å². The van der Waals surface area contributed by atoms with Crippen molar-refractivity contribution in [1.29, 1.82) is 5.26 Å². The van der Waals surface area contributed by atoms with Crippen LogP contribution < -0.4 is 10.1 Å². The number of fused-ring (bicyclic) bond motifs is 1. The first-order valence-corrected chi connectivity index (χ1v) is 7.05. The van der Waals surface area contributed by atoms with Gasteiger partial charge in [0, 0.05) is 6.07 Å². The molecule has 2 N–H and O–H groups in total. The number of aromatic nitrogens is 1. The minimum absolute atomic E-state index is 0.0124. The van der Waals surface area contributed by atoms with Crippen LogP contribution in [0.3, 0.4) is 0 Å². The van der Waals surface area contributed by atoms with Crippen LogP contribution in [0.1, 0.15) is 26.4 Å². The van der Waals surface area contributed by atoms with Crippen LogP contribution in [0.4, 0.5) is 5.69 Å². The van der Waals surface area contributed by atoms with Gasteiger partial charge in [0.05, 0.1) is 35.4 Å². The van der Waals surface area contributed by atoms with Crippen LogP contribution in [0.5, 0.6) is 5.75 Å². The lowest BCUT2D eigenvalue weighted by Gasteiger charge is -2.07. The van der Waals surface area contributed by atoms with Gasteiger partial charge in [-0.15, -0.1) is 0 Å². The summed E-state index contributed by atoms with van der Waals surface area (Å²) < 4.78 is 10.2. The summed E-state index contributed by atoms with van der Waals surface area (Å²) in [5.74, 6) is -1.34. The first kappa shape index (κ1) is 16.0. The quantitative estimate of drug-likeness (QED) is 0.749. The van der Waals surface area contributed by atoms with Gasteiger partial charge >= 0.3 is 5.97 Å². The lowest BCUT2D eigenvalue weighted by molar-refractivity contribution is 0.0698. The van der Waals surface area contributed by atoms with Gasteiger partial charge < -0.3 is 19.7 Å². The molecule has 0 unspecified atom stereocenters. The number of carboxylic acids is 1. The van der Waals surface area contributed by atoms with Crippen molar-refractivity contribution < 1.29 is 24.0 Å². The third-order valence-corrected chi connectivity index (χ3v) is 3.52. The van der Waals surface area contributed by atoms with Gasteiger partial charge in [-0.2, -0.15) is 5.26 Å². The van der Waals surface area contributed by atoms with E-state index >= 15 is 0 Å². The number of nitrogens with zero attached hydrogens (tertiary/aromatic N) is 2. The first-order chi connectivity index (χ1) is 12.0. The van der Waals surface area contributed by atoms with Gasteiger partial charge in [0.2, 0.25) is 0 Å². The van der Waals surface area contributed by atoms with Crippen molar-refractivity contribution >= 4 is 28.5 Å². The summed E-state index contributed by atoms with van der Waals surface area (Å²) in [6.45, 7) is 0. The zero-order valence-electron chi connectivity index (χ0n) is 12.9. The topological polar surface area (TPSA) is 125 Å². The van der Waals surface area contributed by atoms with E-state index < -0.39 is 11.9 Å². The molecule has 8 nitrogen and oxygen atoms in total. The van der Waals surface area contributed by atoms with Crippen molar-refractivity contribution in [2.24, 2.45) is 0 Å². The number of benzene rings is 2. The van der Waals surface area contributed by atoms with E-state index in [4.69, 9.17) is 14.5 Å². The number of methoxy groups -OCH3 is 1. The van der Waals surface area contributed by atoms with Gasteiger partial charge in [0.15, 0.2) is 11.3 Å². The summed E-state index contributed by atoms with van der Waals surface area (Å²) in [5.41, 5.74) is 0.415. The molecule has 2 aromatic carbocycles. The molecular formula is C17H11N3O5. The predicted molar refractivity (Wildman–Crippen MR) is 86.6 cm³/mol. The number of ether oxygens (including phenoxy) is 1. The number of nitriles is 1. The molecular weight excluding hydrogens is 326 g/mol. The van der Waals surface area contributed by atoms with E-state index in [1.165, 1.54) is 25.3 Å². The molecule has 0 aliphatic rings. The monoisotopic (exact) mass is 337 g/mol. The molecule has 124 valence electrons. The summed E-state index contributed by atoms with van der Waals surface area (Å²) in [4.78, 5) is 23.8. The van der Waals surface area contributed by atoms with Gasteiger partial charge in [0.25, 0.3) is 5.91 Å². The van der Waals surface area contributed by atoms with E-state index in [1.54, 1.807) is 18.2 Å². The standard InChI is InChI=1S/C17H11N3O5/c1-24-10-3-4-11-14(7-10)25-20-15(11)16(21)19-13-5-2-9(8-18)6-12(13)17(22)23/h2-7H,1H3,(H,19,21)(H,22,23). The van der Waals surface area contributed by atoms with Gasteiger partial charge in [-0.1, -0.05) is 5.16 Å². The van der Waals surface area contributed by atoms with Crippen LogP contribution >= 0.6 is 0 Å². The number of hydrogen-bond acceptors (Lipinski definition) is 6. The summed E-state index contributed by atoms with van der Waals surface area (Å²) in [6.07, 6.45) is 0. The number of carbonyl (C=O) groups is 2. The lowest BCUT2D eigenvalue weighted by atomic mass is 10.1. The molecule has 0 aliphatic heterocycles. The van der Waals surface area contributed by atoms with Crippen molar-refractivity contribution in [3.05, 3.63) is 53.2 Å². The second kappa shape index (κ2) is 6.33. The van der Waals surface area contributed by atoms with Crippen LogP contribution in [-0.2, 0) is 0 Å². The number of hydrogen-bond donors (Lipinski definition) is 2. The van der Waals surface area contributed by atoms with Crippen molar-refractivity contribution in [2.75, 3.05) is 12.4 Å². The molecule has 0 saturated heterocycles. The highest BCUT2D eigenvalue weighted by Crippen LogP contribution is 2.25. The maximum absolute atomic E-state index is 12.5. The molecule has 1 heterocycles. The van der Waals surface area contributed by atoms with Gasteiger partial charge in [-0.05, 0) is 30.3 Å². The molecule has 1 amide bonds. The average molecular weight is 337 g/mol. The number of nitrogens with one attached hydrogen (secondary N) is 1. The van der Waals surface area contributed by atoms with Crippen LogP contribution in [0.15, 0.2) is 40.9 Å². The smallest absolute Gasteiger partial charge is 0.337 e. The number of carbonyl (C=O) groups excluding carboxylic acids is 1. The van der Waals surface area contributed by atoms with Crippen molar-refractivity contribution in [3.63, 3.8) is 0 Å². The summed E-state index contributed by atoms with van der Waals surface area (Å²) >= 11 is 0. The minimum atomic E-state index is -1.26. The highest BCUT2D eigenvalue weighted by molar-refractivity contribution is 6.12. The largest absolute Gasteiger partial charge is 0.497 e. The molecule has 25 heavy (non-hydrogen) atoms. The third kappa shape index (κ3) is 2.98. The van der Waals surface area contributed by atoms with E-state index in [0.29, 0.717) is 16.7 Å². The maximum Gasteiger partial charge on any atom is 0.337 e. The Hall–Kier alpha value is -3.86. The molecule has 0 bridgehead atoms.